The van der Waals surface area contributed by atoms with Crippen molar-refractivity contribution in [1.82, 2.24) is 5.32 Å². The molecule has 0 aliphatic heterocycles. The van der Waals surface area contributed by atoms with Gasteiger partial charge in [0.1, 0.15) is 0 Å². The maximum atomic E-state index is 9.86. The fraction of sp³-hybridized carbons (Fsp3) is 0.250. The molecule has 2 rings (SSSR count). The summed E-state index contributed by atoms with van der Waals surface area (Å²) in [7, 11) is 3.03. The molecule has 0 heterocycles. The average Bonchev–Trinajstić information content (AvgIpc) is 2.50. The van der Waals surface area contributed by atoms with Gasteiger partial charge in [0.05, 0.1) is 14.2 Å². The van der Waals surface area contributed by atoms with E-state index in [-0.39, 0.29) is 5.75 Å². The molecule has 4 nitrogen and oxygen atoms in total. The highest BCUT2D eigenvalue weighted by atomic mass is 35.5. The Morgan fingerprint density at radius 2 is 1.48 bits per heavy atom. The summed E-state index contributed by atoms with van der Waals surface area (Å²) >= 11 is 5.85. The number of halogens is 1. The minimum absolute atomic E-state index is 0.0152. The van der Waals surface area contributed by atoms with Crippen molar-refractivity contribution in [3.05, 3.63) is 52.5 Å². The van der Waals surface area contributed by atoms with Crippen LogP contribution in [-0.4, -0.2) is 19.3 Å². The van der Waals surface area contributed by atoms with Gasteiger partial charge in [-0.1, -0.05) is 23.7 Å². The van der Waals surface area contributed by atoms with Crippen LogP contribution in [0.3, 0.4) is 0 Å². The van der Waals surface area contributed by atoms with E-state index in [0.29, 0.717) is 18.0 Å². The van der Waals surface area contributed by atoms with Crippen molar-refractivity contribution in [3.63, 3.8) is 0 Å². The molecule has 0 fully saturated rings. The standard InChI is InChI=1S/C16H18ClNO3/c1-20-14-7-12(8-15(21-2)16(14)19)10-18-9-11-3-5-13(17)6-4-11/h3-8,18-19H,9-10H2,1-2H3. The Labute approximate surface area is 129 Å². The van der Waals surface area contributed by atoms with Gasteiger partial charge in [-0.3, -0.25) is 0 Å². The highest BCUT2D eigenvalue weighted by Crippen LogP contribution is 2.36. The summed E-state index contributed by atoms with van der Waals surface area (Å²) in [4.78, 5) is 0. The van der Waals surface area contributed by atoms with Crippen LogP contribution < -0.4 is 14.8 Å². The Kier molecular flexibility index (Phi) is 5.31. The Morgan fingerprint density at radius 1 is 0.952 bits per heavy atom. The van der Waals surface area contributed by atoms with Crippen LogP contribution in [0.5, 0.6) is 17.2 Å². The van der Waals surface area contributed by atoms with Gasteiger partial charge in [-0.05, 0) is 35.4 Å². The van der Waals surface area contributed by atoms with Crippen molar-refractivity contribution in [2.75, 3.05) is 14.2 Å². The van der Waals surface area contributed by atoms with E-state index < -0.39 is 0 Å². The second kappa shape index (κ2) is 7.20. The second-order valence-electron chi connectivity index (χ2n) is 4.58. The molecule has 0 bridgehead atoms. The zero-order valence-corrected chi connectivity index (χ0v) is 12.8. The largest absolute Gasteiger partial charge is 0.502 e. The van der Waals surface area contributed by atoms with E-state index >= 15 is 0 Å². The van der Waals surface area contributed by atoms with Crippen molar-refractivity contribution >= 4 is 11.6 Å². The molecule has 0 spiro atoms. The molecule has 0 radical (unpaired) electrons. The molecule has 0 aliphatic carbocycles. The number of hydrogen-bond donors (Lipinski definition) is 2. The number of methoxy groups -OCH3 is 2. The van der Waals surface area contributed by atoms with E-state index in [9.17, 15) is 5.11 Å². The Bertz CT molecular complexity index is 574. The molecule has 21 heavy (non-hydrogen) atoms. The summed E-state index contributed by atoms with van der Waals surface area (Å²) in [5.41, 5.74) is 2.12. The number of phenolic OH excluding ortho intramolecular Hbond substituents is 1. The molecule has 0 aliphatic rings. The maximum absolute atomic E-state index is 9.86. The molecule has 0 saturated heterocycles. The molecule has 0 aromatic heterocycles. The van der Waals surface area contributed by atoms with Crippen LogP contribution in [0.4, 0.5) is 0 Å². The summed E-state index contributed by atoms with van der Waals surface area (Å²) in [6, 6.07) is 11.3. The topological polar surface area (TPSA) is 50.7 Å². The van der Waals surface area contributed by atoms with Crippen molar-refractivity contribution in [3.8, 4) is 17.2 Å². The summed E-state index contributed by atoms with van der Waals surface area (Å²) < 4.78 is 10.3. The Morgan fingerprint density at radius 3 is 2.00 bits per heavy atom. The van der Waals surface area contributed by atoms with E-state index in [2.05, 4.69) is 5.32 Å². The van der Waals surface area contributed by atoms with Crippen molar-refractivity contribution in [1.29, 1.82) is 0 Å². The first-order valence-electron chi connectivity index (χ1n) is 6.53. The summed E-state index contributed by atoms with van der Waals surface area (Å²) in [6.45, 7) is 1.36. The number of benzene rings is 2. The van der Waals surface area contributed by atoms with Crippen LogP contribution >= 0.6 is 11.6 Å². The van der Waals surface area contributed by atoms with Gasteiger partial charge >= 0.3 is 0 Å². The van der Waals surface area contributed by atoms with E-state index in [0.717, 1.165) is 22.7 Å². The number of rotatable bonds is 6. The molecule has 2 N–H and O–H groups in total. The smallest absolute Gasteiger partial charge is 0.200 e. The fourth-order valence-electron chi connectivity index (χ4n) is 2.00. The zero-order chi connectivity index (χ0) is 15.2. The van der Waals surface area contributed by atoms with E-state index in [1.807, 2.05) is 24.3 Å². The third-order valence-electron chi connectivity index (χ3n) is 3.11. The normalized spacial score (nSPS) is 10.4. The van der Waals surface area contributed by atoms with Gasteiger partial charge in [-0.2, -0.15) is 0 Å². The van der Waals surface area contributed by atoms with Gasteiger partial charge in [0, 0.05) is 18.1 Å². The first-order chi connectivity index (χ1) is 10.1. The van der Waals surface area contributed by atoms with Crippen LogP contribution in [0, 0.1) is 0 Å². The van der Waals surface area contributed by atoms with Gasteiger partial charge in [0.25, 0.3) is 0 Å². The first kappa shape index (κ1) is 15.5. The lowest BCUT2D eigenvalue weighted by molar-refractivity contribution is 0.339. The van der Waals surface area contributed by atoms with E-state index in [1.54, 1.807) is 12.1 Å². The molecule has 0 saturated carbocycles. The average molecular weight is 308 g/mol. The SMILES string of the molecule is COc1cc(CNCc2ccc(Cl)cc2)cc(OC)c1O. The monoisotopic (exact) mass is 307 g/mol. The van der Waals surface area contributed by atoms with Gasteiger partial charge in [0.2, 0.25) is 5.75 Å². The van der Waals surface area contributed by atoms with Gasteiger partial charge in [0.15, 0.2) is 11.5 Å². The number of hydrogen-bond acceptors (Lipinski definition) is 4. The van der Waals surface area contributed by atoms with Crippen LogP contribution in [-0.2, 0) is 13.1 Å². The number of aromatic hydroxyl groups is 1. The van der Waals surface area contributed by atoms with Crippen LogP contribution in [0.2, 0.25) is 5.02 Å². The van der Waals surface area contributed by atoms with Crippen molar-refractivity contribution in [2.24, 2.45) is 0 Å². The molecule has 0 atom stereocenters. The van der Waals surface area contributed by atoms with E-state index in [4.69, 9.17) is 21.1 Å². The molecule has 0 amide bonds. The summed E-state index contributed by atoms with van der Waals surface area (Å²) in [5, 5.41) is 13.9. The number of nitrogens with one attached hydrogen (secondary N) is 1. The van der Waals surface area contributed by atoms with Crippen molar-refractivity contribution in [2.45, 2.75) is 13.1 Å². The minimum atomic E-state index is 0.0152. The van der Waals surface area contributed by atoms with E-state index in [1.165, 1.54) is 14.2 Å². The highest BCUT2D eigenvalue weighted by Gasteiger charge is 2.10. The minimum Gasteiger partial charge on any atom is -0.502 e. The van der Waals surface area contributed by atoms with Gasteiger partial charge in [-0.15, -0.1) is 0 Å². The lowest BCUT2D eigenvalue weighted by Crippen LogP contribution is -2.12. The second-order valence-corrected chi connectivity index (χ2v) is 5.02. The third kappa shape index (κ3) is 4.03. The lowest BCUT2D eigenvalue weighted by atomic mass is 10.1. The third-order valence-corrected chi connectivity index (χ3v) is 3.36. The molecular weight excluding hydrogens is 290 g/mol. The van der Waals surface area contributed by atoms with Crippen molar-refractivity contribution < 1.29 is 14.6 Å². The van der Waals surface area contributed by atoms with Gasteiger partial charge < -0.3 is 19.9 Å². The van der Waals surface area contributed by atoms with Crippen LogP contribution in [0.1, 0.15) is 11.1 Å². The molecule has 112 valence electrons. The fourth-order valence-corrected chi connectivity index (χ4v) is 2.13. The first-order valence-corrected chi connectivity index (χ1v) is 6.91. The predicted octanol–water partition coefficient (Wildman–Crippen LogP) is 3.35. The maximum Gasteiger partial charge on any atom is 0.200 e. The predicted molar refractivity (Wildman–Crippen MR) is 83.2 cm³/mol. The quantitative estimate of drug-likeness (QED) is 0.859. The summed E-state index contributed by atoms with van der Waals surface area (Å²) in [6.07, 6.45) is 0. The number of ether oxygens (including phenoxy) is 2. The molecule has 2 aromatic rings. The Balaban J connectivity index is 2.01. The van der Waals surface area contributed by atoms with Crippen LogP contribution in [0.25, 0.3) is 0 Å². The summed E-state index contributed by atoms with van der Waals surface area (Å²) in [5.74, 6) is 0.816. The zero-order valence-electron chi connectivity index (χ0n) is 12.0. The van der Waals surface area contributed by atoms with Gasteiger partial charge in [-0.25, -0.2) is 0 Å². The molecule has 0 unspecified atom stereocenters. The molecule has 5 heteroatoms. The lowest BCUT2D eigenvalue weighted by Gasteiger charge is -2.12. The van der Waals surface area contributed by atoms with Crippen LogP contribution in [0.15, 0.2) is 36.4 Å². The highest BCUT2D eigenvalue weighted by molar-refractivity contribution is 6.30. The Hall–Kier alpha value is -1.91. The molecule has 2 aromatic carbocycles. The number of phenols is 1. The molecular formula is C16H18ClNO3.